The first-order chi connectivity index (χ1) is 16.8. The van der Waals surface area contributed by atoms with Crippen LogP contribution in [-0.4, -0.2) is 22.4 Å². The highest BCUT2D eigenvalue weighted by Gasteiger charge is 2.54. The van der Waals surface area contributed by atoms with Crippen LogP contribution < -0.4 is 5.32 Å². The van der Waals surface area contributed by atoms with Gasteiger partial charge in [0.05, 0.1) is 0 Å². The molecule has 0 heterocycles. The monoisotopic (exact) mass is 493 g/mol. The van der Waals surface area contributed by atoms with E-state index in [2.05, 4.69) is 36.5 Å². The summed E-state index contributed by atoms with van der Waals surface area (Å²) in [4.78, 5) is 24.4. The molecule has 0 bridgehead atoms. The molecule has 0 radical (unpaired) electrons. The fourth-order valence-electron chi connectivity index (χ4n) is 7.38. The van der Waals surface area contributed by atoms with E-state index in [-0.39, 0.29) is 5.41 Å². The Morgan fingerprint density at radius 1 is 1.09 bits per heavy atom. The van der Waals surface area contributed by atoms with Crippen LogP contribution in [0, 0.1) is 17.8 Å². The van der Waals surface area contributed by atoms with Gasteiger partial charge >= 0.3 is 5.97 Å². The van der Waals surface area contributed by atoms with Crippen LogP contribution in [0.2, 0.25) is 5.02 Å². The predicted octanol–water partition coefficient (Wildman–Crippen LogP) is 7.05. The molecule has 2 N–H and O–H groups in total. The summed E-state index contributed by atoms with van der Waals surface area (Å²) in [6.07, 6.45) is 8.66. The third-order valence-corrected chi connectivity index (χ3v) is 9.70. The standard InChI is InChI=1S/C30H36ClNO3/c1-20(21-9-11-26(33)12-10-21)17-23-18-22-5-2-3-8-27(22)29(23)13-15-30(16-14-29,28(34)35)32-25-7-4-6-24(31)19-25/h2-8,19-21,23,32H,9-18H2,1H3,(H,34,35)/t20-,23-,29?,30?/m0/s1. The van der Waals surface area contributed by atoms with E-state index in [1.54, 1.807) is 12.1 Å². The molecule has 3 aliphatic rings. The van der Waals surface area contributed by atoms with Crippen molar-refractivity contribution in [1.82, 2.24) is 0 Å². The zero-order valence-electron chi connectivity index (χ0n) is 20.6. The minimum absolute atomic E-state index is 0.0320. The number of carboxylic acid groups (broad SMARTS) is 1. The van der Waals surface area contributed by atoms with Gasteiger partial charge in [-0.1, -0.05) is 48.9 Å². The quantitative estimate of drug-likeness (QED) is 0.452. The Kier molecular flexibility index (Phi) is 6.69. The Morgan fingerprint density at radius 3 is 2.49 bits per heavy atom. The highest BCUT2D eigenvalue weighted by Crippen LogP contribution is 2.56. The number of ketones is 1. The molecule has 2 aromatic rings. The van der Waals surface area contributed by atoms with Crippen LogP contribution in [0.5, 0.6) is 0 Å². The van der Waals surface area contributed by atoms with Gasteiger partial charge < -0.3 is 10.4 Å². The van der Waals surface area contributed by atoms with Crippen LogP contribution in [0.15, 0.2) is 48.5 Å². The number of anilines is 1. The molecular formula is C30H36ClNO3. The molecule has 0 unspecified atom stereocenters. The van der Waals surface area contributed by atoms with E-state index in [9.17, 15) is 14.7 Å². The number of aliphatic carboxylic acids is 1. The van der Waals surface area contributed by atoms with Gasteiger partial charge in [0.2, 0.25) is 0 Å². The van der Waals surface area contributed by atoms with Gasteiger partial charge in [-0.05, 0) is 104 Å². The predicted molar refractivity (Wildman–Crippen MR) is 140 cm³/mol. The molecule has 4 nitrogen and oxygen atoms in total. The second-order valence-corrected chi connectivity index (χ2v) is 11.8. The summed E-state index contributed by atoms with van der Waals surface area (Å²) in [6, 6.07) is 16.2. The van der Waals surface area contributed by atoms with Crippen molar-refractivity contribution in [3.63, 3.8) is 0 Å². The average Bonchev–Trinajstić information content (AvgIpc) is 3.13. The molecule has 2 fully saturated rings. The molecule has 0 aromatic heterocycles. The molecule has 2 aromatic carbocycles. The fraction of sp³-hybridized carbons (Fsp3) is 0.533. The summed E-state index contributed by atoms with van der Waals surface area (Å²) in [5, 5.41) is 14.3. The largest absolute Gasteiger partial charge is 0.480 e. The van der Waals surface area contributed by atoms with Crippen molar-refractivity contribution in [1.29, 1.82) is 0 Å². The molecule has 35 heavy (non-hydrogen) atoms. The van der Waals surface area contributed by atoms with Crippen LogP contribution >= 0.6 is 11.6 Å². The molecule has 5 rings (SSSR count). The van der Waals surface area contributed by atoms with E-state index in [0.717, 1.165) is 57.1 Å². The number of hydrogen-bond donors (Lipinski definition) is 2. The Balaban J connectivity index is 1.38. The molecule has 2 atom stereocenters. The number of benzene rings is 2. The maximum atomic E-state index is 12.6. The second kappa shape index (κ2) is 9.61. The summed E-state index contributed by atoms with van der Waals surface area (Å²) < 4.78 is 0. The van der Waals surface area contributed by atoms with Gasteiger partial charge in [0, 0.05) is 23.6 Å². The summed E-state index contributed by atoms with van der Waals surface area (Å²) in [6.45, 7) is 2.38. The van der Waals surface area contributed by atoms with Crippen LogP contribution in [-0.2, 0) is 21.4 Å². The molecular weight excluding hydrogens is 458 g/mol. The number of rotatable bonds is 6. The fourth-order valence-corrected chi connectivity index (χ4v) is 7.57. The molecule has 2 saturated carbocycles. The Hall–Kier alpha value is -2.33. The van der Waals surface area contributed by atoms with Crippen molar-refractivity contribution in [2.75, 3.05) is 5.32 Å². The lowest BCUT2D eigenvalue weighted by Crippen LogP contribution is -2.53. The molecule has 0 aliphatic heterocycles. The third-order valence-electron chi connectivity index (χ3n) is 9.46. The molecule has 0 saturated heterocycles. The zero-order chi connectivity index (χ0) is 24.6. The highest BCUT2D eigenvalue weighted by molar-refractivity contribution is 6.30. The maximum absolute atomic E-state index is 12.6. The van der Waals surface area contributed by atoms with Gasteiger partial charge in [0.15, 0.2) is 0 Å². The SMILES string of the molecule is C[C@@H](C[C@H]1Cc2ccccc2C12CCC(Nc1cccc(Cl)c1)(C(=O)O)CC2)C1CCC(=O)CC1. The average molecular weight is 494 g/mol. The first-order valence-corrected chi connectivity index (χ1v) is 13.6. The van der Waals surface area contributed by atoms with Crippen molar-refractivity contribution in [2.45, 2.75) is 82.1 Å². The van der Waals surface area contributed by atoms with Crippen molar-refractivity contribution >= 4 is 29.0 Å². The minimum atomic E-state index is -0.979. The number of halogens is 1. The van der Waals surface area contributed by atoms with Crippen molar-refractivity contribution in [2.24, 2.45) is 17.8 Å². The summed E-state index contributed by atoms with van der Waals surface area (Å²) >= 11 is 6.18. The first-order valence-electron chi connectivity index (χ1n) is 13.2. The topological polar surface area (TPSA) is 66.4 Å². The third kappa shape index (κ3) is 4.62. The van der Waals surface area contributed by atoms with Gasteiger partial charge in [-0.25, -0.2) is 4.79 Å². The number of hydrogen-bond acceptors (Lipinski definition) is 3. The van der Waals surface area contributed by atoms with E-state index >= 15 is 0 Å². The van der Waals surface area contributed by atoms with Gasteiger partial charge in [-0.15, -0.1) is 0 Å². The lowest BCUT2D eigenvalue weighted by molar-refractivity contribution is -0.144. The van der Waals surface area contributed by atoms with E-state index in [0.29, 0.717) is 41.4 Å². The Bertz CT molecular complexity index is 1090. The number of carbonyl (C=O) groups is 2. The van der Waals surface area contributed by atoms with Crippen LogP contribution in [0.1, 0.15) is 75.8 Å². The van der Waals surface area contributed by atoms with Crippen LogP contribution in [0.25, 0.3) is 0 Å². The van der Waals surface area contributed by atoms with E-state index < -0.39 is 11.5 Å². The maximum Gasteiger partial charge on any atom is 0.329 e. The van der Waals surface area contributed by atoms with Crippen molar-refractivity contribution in [3.05, 3.63) is 64.7 Å². The first kappa shape index (κ1) is 24.4. The normalized spacial score (nSPS) is 29.7. The van der Waals surface area contributed by atoms with Crippen LogP contribution in [0.4, 0.5) is 5.69 Å². The number of nitrogens with one attached hydrogen (secondary N) is 1. The minimum Gasteiger partial charge on any atom is -0.480 e. The zero-order valence-corrected chi connectivity index (χ0v) is 21.3. The summed E-state index contributed by atoms with van der Waals surface area (Å²) in [5.74, 6) is 1.36. The van der Waals surface area contributed by atoms with Crippen molar-refractivity contribution in [3.8, 4) is 0 Å². The van der Waals surface area contributed by atoms with E-state index in [1.165, 1.54) is 11.1 Å². The Morgan fingerprint density at radius 2 is 1.80 bits per heavy atom. The Labute approximate surface area is 213 Å². The van der Waals surface area contributed by atoms with Gasteiger partial charge in [-0.2, -0.15) is 0 Å². The van der Waals surface area contributed by atoms with Crippen LogP contribution in [0.3, 0.4) is 0 Å². The lowest BCUT2D eigenvalue weighted by Gasteiger charge is -2.47. The highest BCUT2D eigenvalue weighted by atomic mass is 35.5. The van der Waals surface area contributed by atoms with Crippen molar-refractivity contribution < 1.29 is 14.7 Å². The molecule has 186 valence electrons. The number of carbonyl (C=O) groups excluding carboxylic acids is 1. The molecule has 5 heteroatoms. The van der Waals surface area contributed by atoms with E-state index in [4.69, 9.17) is 11.6 Å². The molecule has 0 amide bonds. The lowest BCUT2D eigenvalue weighted by atomic mass is 9.59. The van der Waals surface area contributed by atoms with E-state index in [1.807, 2.05) is 12.1 Å². The van der Waals surface area contributed by atoms with Gasteiger partial charge in [0.25, 0.3) is 0 Å². The number of carboxylic acids is 1. The molecule has 3 aliphatic carbocycles. The van der Waals surface area contributed by atoms with Gasteiger partial charge in [-0.3, -0.25) is 4.79 Å². The summed E-state index contributed by atoms with van der Waals surface area (Å²) in [5.41, 5.74) is 2.70. The smallest absolute Gasteiger partial charge is 0.329 e. The van der Waals surface area contributed by atoms with Gasteiger partial charge in [0.1, 0.15) is 11.3 Å². The number of Topliss-reactive ketones (excluding diaryl/α,β-unsaturated/α-hetero) is 1. The number of fused-ring (bicyclic) bond motifs is 2. The second-order valence-electron chi connectivity index (χ2n) is 11.3. The molecule has 1 spiro atoms. The summed E-state index contributed by atoms with van der Waals surface area (Å²) in [7, 11) is 0.